The number of ether oxygens (including phenoxy) is 3. The van der Waals surface area contributed by atoms with Gasteiger partial charge in [-0.15, -0.1) is 12.6 Å². The van der Waals surface area contributed by atoms with Crippen LogP contribution in [0.3, 0.4) is 0 Å². The van der Waals surface area contributed by atoms with Gasteiger partial charge in [-0.2, -0.15) is 5.10 Å². The molecular weight excluding hydrogens is 369 g/mol. The summed E-state index contributed by atoms with van der Waals surface area (Å²) < 4.78 is 33.8. The van der Waals surface area contributed by atoms with Crippen LogP contribution in [0.2, 0.25) is 0 Å². The summed E-state index contributed by atoms with van der Waals surface area (Å²) in [4.78, 5) is 3.99. The molecule has 4 rings (SSSR count). The summed E-state index contributed by atoms with van der Waals surface area (Å²) in [6.07, 6.45) is 1.26. The van der Waals surface area contributed by atoms with Crippen molar-refractivity contribution >= 4 is 12.6 Å². The molecule has 2 unspecified atom stereocenters. The highest BCUT2D eigenvalue weighted by Crippen LogP contribution is 2.38. The minimum absolute atomic E-state index is 0.127. The highest BCUT2D eigenvalue weighted by atomic mass is 32.1. The van der Waals surface area contributed by atoms with Crippen molar-refractivity contribution < 1.29 is 18.6 Å². The van der Waals surface area contributed by atoms with E-state index in [-0.39, 0.29) is 18.4 Å². The van der Waals surface area contributed by atoms with Crippen LogP contribution in [-0.4, -0.2) is 27.5 Å². The molecule has 8 heteroatoms. The number of hydrogen-bond acceptors (Lipinski definition) is 6. The molecule has 0 bridgehead atoms. The predicted octanol–water partition coefficient (Wildman–Crippen LogP) is 3.79. The van der Waals surface area contributed by atoms with Crippen molar-refractivity contribution in [3.8, 4) is 11.5 Å². The van der Waals surface area contributed by atoms with Crippen LogP contribution >= 0.6 is 12.6 Å². The standard InChI is InChI=1S/C19H18FN3O3S/c1-13-10-24-19(26-13,11-23-18(27)21-12-22-23)14-7-8-17(16(20)9-14)25-15-5-3-2-4-6-15/h2-9,12-13H,10-11H2,1H3,(H,21,22,27). The van der Waals surface area contributed by atoms with E-state index < -0.39 is 11.6 Å². The van der Waals surface area contributed by atoms with E-state index >= 15 is 0 Å². The lowest BCUT2D eigenvalue weighted by Gasteiger charge is -2.28. The van der Waals surface area contributed by atoms with Crippen LogP contribution in [0.5, 0.6) is 11.5 Å². The Morgan fingerprint density at radius 3 is 2.74 bits per heavy atom. The highest BCUT2D eigenvalue weighted by molar-refractivity contribution is 7.80. The molecule has 0 aliphatic carbocycles. The van der Waals surface area contributed by atoms with Crippen molar-refractivity contribution in [2.45, 2.75) is 30.5 Å². The molecule has 2 atom stereocenters. The van der Waals surface area contributed by atoms with Crippen molar-refractivity contribution in [1.29, 1.82) is 0 Å². The minimum atomic E-state index is -1.17. The van der Waals surface area contributed by atoms with Gasteiger partial charge in [0.15, 0.2) is 16.7 Å². The van der Waals surface area contributed by atoms with Crippen molar-refractivity contribution in [1.82, 2.24) is 14.8 Å². The summed E-state index contributed by atoms with van der Waals surface area (Å²) in [6, 6.07) is 13.7. The second-order valence-electron chi connectivity index (χ2n) is 6.27. The first-order valence-electron chi connectivity index (χ1n) is 8.47. The third-order valence-corrected chi connectivity index (χ3v) is 4.58. The number of halogens is 1. The first-order valence-corrected chi connectivity index (χ1v) is 8.92. The van der Waals surface area contributed by atoms with Gasteiger partial charge in [-0.1, -0.05) is 18.2 Å². The Morgan fingerprint density at radius 1 is 1.30 bits per heavy atom. The summed E-state index contributed by atoms with van der Waals surface area (Å²) >= 11 is 4.27. The Morgan fingerprint density at radius 2 is 2.11 bits per heavy atom. The molecule has 0 amide bonds. The van der Waals surface area contributed by atoms with Gasteiger partial charge in [0.05, 0.1) is 12.7 Å². The van der Waals surface area contributed by atoms with Crippen molar-refractivity contribution in [3.63, 3.8) is 0 Å². The predicted molar refractivity (Wildman–Crippen MR) is 98.4 cm³/mol. The summed E-state index contributed by atoms with van der Waals surface area (Å²) in [6.45, 7) is 2.49. The average molecular weight is 387 g/mol. The van der Waals surface area contributed by atoms with Crippen LogP contribution in [-0.2, 0) is 21.8 Å². The zero-order valence-corrected chi connectivity index (χ0v) is 15.5. The second kappa shape index (κ2) is 7.30. The van der Waals surface area contributed by atoms with E-state index in [9.17, 15) is 4.39 Å². The molecule has 3 aromatic rings. The van der Waals surface area contributed by atoms with Gasteiger partial charge >= 0.3 is 0 Å². The molecular formula is C19H18FN3O3S. The van der Waals surface area contributed by atoms with Gasteiger partial charge in [0.25, 0.3) is 0 Å². The lowest BCUT2D eigenvalue weighted by Crippen LogP contribution is -2.34. The Bertz CT molecular complexity index is 937. The molecule has 0 radical (unpaired) electrons. The Balaban J connectivity index is 1.65. The fourth-order valence-electron chi connectivity index (χ4n) is 2.97. The Hall–Kier alpha value is -2.42. The topological polar surface area (TPSA) is 58.4 Å². The largest absolute Gasteiger partial charge is 0.454 e. The van der Waals surface area contributed by atoms with E-state index in [1.54, 1.807) is 28.9 Å². The molecule has 2 heterocycles. The van der Waals surface area contributed by atoms with E-state index in [4.69, 9.17) is 14.2 Å². The molecule has 1 aromatic heterocycles. The lowest BCUT2D eigenvalue weighted by atomic mass is 10.1. The number of nitrogens with zero attached hydrogens (tertiary/aromatic N) is 3. The summed E-state index contributed by atoms with van der Waals surface area (Å²) in [5.41, 5.74) is 0.535. The average Bonchev–Trinajstić information content (AvgIpc) is 3.24. The lowest BCUT2D eigenvalue weighted by molar-refractivity contribution is -0.188. The minimum Gasteiger partial charge on any atom is -0.454 e. The molecule has 140 valence electrons. The molecule has 2 aromatic carbocycles. The number of thiol groups is 1. The second-order valence-corrected chi connectivity index (χ2v) is 6.67. The van der Waals surface area contributed by atoms with E-state index in [1.165, 1.54) is 12.4 Å². The quantitative estimate of drug-likeness (QED) is 0.675. The van der Waals surface area contributed by atoms with E-state index in [0.29, 0.717) is 23.1 Å². The molecule has 27 heavy (non-hydrogen) atoms. The van der Waals surface area contributed by atoms with Crippen LogP contribution < -0.4 is 4.74 Å². The zero-order valence-electron chi connectivity index (χ0n) is 14.6. The third kappa shape index (κ3) is 3.69. The number of hydrogen-bond donors (Lipinski definition) is 1. The third-order valence-electron chi connectivity index (χ3n) is 4.24. The van der Waals surface area contributed by atoms with Crippen LogP contribution in [0.1, 0.15) is 12.5 Å². The smallest absolute Gasteiger partial charge is 0.215 e. The normalized spacial score (nSPS) is 22.1. The molecule has 0 N–H and O–H groups in total. The van der Waals surface area contributed by atoms with Gasteiger partial charge in [-0.25, -0.2) is 14.1 Å². The van der Waals surface area contributed by atoms with Crippen LogP contribution in [0.15, 0.2) is 60.0 Å². The maximum atomic E-state index is 14.7. The summed E-state index contributed by atoms with van der Waals surface area (Å²) in [5, 5.41) is 4.54. The first kappa shape index (κ1) is 18.0. The maximum Gasteiger partial charge on any atom is 0.215 e. The van der Waals surface area contributed by atoms with Crippen LogP contribution in [0.25, 0.3) is 0 Å². The van der Waals surface area contributed by atoms with Gasteiger partial charge in [-0.3, -0.25) is 0 Å². The van der Waals surface area contributed by atoms with Gasteiger partial charge in [0, 0.05) is 5.56 Å². The van der Waals surface area contributed by atoms with Gasteiger partial charge < -0.3 is 14.2 Å². The van der Waals surface area contributed by atoms with Crippen LogP contribution in [0, 0.1) is 5.82 Å². The van der Waals surface area contributed by atoms with E-state index in [2.05, 4.69) is 22.7 Å². The van der Waals surface area contributed by atoms with Crippen molar-refractivity contribution in [2.75, 3.05) is 6.61 Å². The fourth-order valence-corrected chi connectivity index (χ4v) is 3.15. The molecule has 1 aliphatic rings. The molecule has 0 spiro atoms. The molecule has 1 saturated heterocycles. The van der Waals surface area contributed by atoms with E-state index in [1.807, 2.05) is 25.1 Å². The molecule has 6 nitrogen and oxygen atoms in total. The van der Waals surface area contributed by atoms with E-state index in [0.717, 1.165) is 0 Å². The Labute approximate surface area is 161 Å². The Kier molecular flexibility index (Phi) is 4.86. The van der Waals surface area contributed by atoms with Crippen molar-refractivity contribution in [3.05, 3.63) is 66.2 Å². The van der Waals surface area contributed by atoms with Crippen LogP contribution in [0.4, 0.5) is 4.39 Å². The van der Waals surface area contributed by atoms with Crippen molar-refractivity contribution in [2.24, 2.45) is 0 Å². The highest BCUT2D eigenvalue weighted by Gasteiger charge is 2.43. The summed E-state index contributed by atoms with van der Waals surface area (Å²) in [7, 11) is 0. The van der Waals surface area contributed by atoms with Gasteiger partial charge in [0.2, 0.25) is 5.79 Å². The van der Waals surface area contributed by atoms with Gasteiger partial charge in [-0.05, 0) is 37.3 Å². The molecule has 1 aliphatic heterocycles. The monoisotopic (exact) mass is 387 g/mol. The number of rotatable bonds is 5. The molecule has 1 fully saturated rings. The first-order chi connectivity index (χ1) is 13.1. The zero-order chi connectivity index (χ0) is 18.9. The number of benzene rings is 2. The molecule has 0 saturated carbocycles. The summed E-state index contributed by atoms with van der Waals surface area (Å²) in [5.74, 6) is -0.992. The number of aromatic nitrogens is 3. The van der Waals surface area contributed by atoms with Gasteiger partial charge in [0.1, 0.15) is 18.6 Å². The number of para-hydroxylation sites is 1. The SMILES string of the molecule is CC1COC(Cn2ncnc2S)(c2ccc(Oc3ccccc3)c(F)c2)O1. The fraction of sp³-hybridized carbons (Fsp3) is 0.263. The maximum absolute atomic E-state index is 14.7.